The smallest absolute Gasteiger partial charge is 0.270 e. The SMILES string of the molecule is O=C(Nc1nn[nH]n1)c1cnc(N2CCOCC2)nc1OC1CCOCC1. The van der Waals surface area contributed by atoms with Crippen molar-refractivity contribution >= 4 is 17.8 Å². The number of nitrogens with zero attached hydrogens (tertiary/aromatic N) is 6. The Balaban J connectivity index is 1.58. The molecule has 144 valence electrons. The van der Waals surface area contributed by atoms with Crippen LogP contribution in [0.3, 0.4) is 0 Å². The first-order chi connectivity index (χ1) is 13.3. The molecular formula is C15H20N8O4. The highest BCUT2D eigenvalue weighted by Gasteiger charge is 2.24. The van der Waals surface area contributed by atoms with Gasteiger partial charge in [0, 0.05) is 32.1 Å². The summed E-state index contributed by atoms with van der Waals surface area (Å²) in [5.74, 6) is 0.345. The second kappa shape index (κ2) is 8.22. The molecule has 0 atom stereocenters. The lowest BCUT2D eigenvalue weighted by molar-refractivity contribution is 0.0233. The molecule has 12 heteroatoms. The summed E-state index contributed by atoms with van der Waals surface area (Å²) >= 11 is 0. The zero-order chi connectivity index (χ0) is 18.5. The minimum Gasteiger partial charge on any atom is -0.473 e. The third kappa shape index (κ3) is 4.28. The number of rotatable bonds is 5. The maximum atomic E-state index is 12.6. The molecule has 4 rings (SSSR count). The molecule has 0 aromatic carbocycles. The number of amides is 1. The van der Waals surface area contributed by atoms with Crippen LogP contribution in [0.5, 0.6) is 5.88 Å². The molecule has 0 bridgehead atoms. The van der Waals surface area contributed by atoms with Crippen LogP contribution in [0.2, 0.25) is 0 Å². The molecule has 12 nitrogen and oxygen atoms in total. The van der Waals surface area contributed by atoms with Gasteiger partial charge in [0.15, 0.2) is 0 Å². The molecule has 1 amide bonds. The predicted molar refractivity (Wildman–Crippen MR) is 91.7 cm³/mol. The van der Waals surface area contributed by atoms with E-state index in [1.54, 1.807) is 0 Å². The normalized spacial score (nSPS) is 18.3. The Labute approximate surface area is 154 Å². The van der Waals surface area contributed by atoms with E-state index >= 15 is 0 Å². The van der Waals surface area contributed by atoms with E-state index in [1.807, 2.05) is 4.90 Å². The van der Waals surface area contributed by atoms with Gasteiger partial charge in [0.2, 0.25) is 11.8 Å². The largest absolute Gasteiger partial charge is 0.473 e. The van der Waals surface area contributed by atoms with E-state index in [9.17, 15) is 4.79 Å². The zero-order valence-electron chi connectivity index (χ0n) is 14.6. The van der Waals surface area contributed by atoms with Gasteiger partial charge >= 0.3 is 0 Å². The van der Waals surface area contributed by atoms with E-state index in [1.165, 1.54) is 6.20 Å². The Bertz CT molecular complexity index is 759. The number of ether oxygens (including phenoxy) is 3. The Kier molecular flexibility index (Phi) is 5.34. The average molecular weight is 376 g/mol. The maximum Gasteiger partial charge on any atom is 0.270 e. The van der Waals surface area contributed by atoms with Gasteiger partial charge in [0.1, 0.15) is 11.7 Å². The standard InChI is InChI=1S/C15H20N8O4/c24-12(17-14-19-21-22-20-14)11-9-16-15(23-3-7-26-8-4-23)18-13(11)27-10-1-5-25-6-2-10/h9-10H,1-8H2,(H2,17,19,20,21,22,24). The van der Waals surface area contributed by atoms with Crippen LogP contribution in [0.15, 0.2) is 6.20 Å². The second-order valence-electron chi connectivity index (χ2n) is 6.11. The lowest BCUT2D eigenvalue weighted by Crippen LogP contribution is -2.37. The van der Waals surface area contributed by atoms with E-state index in [-0.39, 0.29) is 23.5 Å². The van der Waals surface area contributed by atoms with Crippen LogP contribution in [0.1, 0.15) is 23.2 Å². The molecule has 2 aromatic heterocycles. The van der Waals surface area contributed by atoms with Crippen LogP contribution in [-0.2, 0) is 9.47 Å². The van der Waals surface area contributed by atoms with Gasteiger partial charge in [0.25, 0.3) is 11.9 Å². The van der Waals surface area contributed by atoms with Crippen molar-refractivity contribution in [3.05, 3.63) is 11.8 Å². The van der Waals surface area contributed by atoms with Gasteiger partial charge < -0.3 is 19.1 Å². The summed E-state index contributed by atoms with van der Waals surface area (Å²) in [6.45, 7) is 3.84. The van der Waals surface area contributed by atoms with Crippen LogP contribution in [0.25, 0.3) is 0 Å². The van der Waals surface area contributed by atoms with Gasteiger partial charge in [-0.1, -0.05) is 5.10 Å². The third-order valence-corrected chi connectivity index (χ3v) is 4.30. The fraction of sp³-hybridized carbons (Fsp3) is 0.600. The molecule has 0 saturated carbocycles. The minimum atomic E-state index is -0.466. The molecule has 27 heavy (non-hydrogen) atoms. The first kappa shape index (κ1) is 17.5. The Morgan fingerprint density at radius 3 is 2.74 bits per heavy atom. The van der Waals surface area contributed by atoms with Gasteiger partial charge in [-0.3, -0.25) is 10.1 Å². The van der Waals surface area contributed by atoms with Crippen LogP contribution in [0, 0.1) is 0 Å². The summed E-state index contributed by atoms with van der Waals surface area (Å²) in [6, 6.07) is 0. The first-order valence-electron chi connectivity index (χ1n) is 8.78. The second-order valence-corrected chi connectivity index (χ2v) is 6.11. The highest BCUT2D eigenvalue weighted by molar-refractivity contribution is 6.04. The summed E-state index contributed by atoms with van der Waals surface area (Å²) in [4.78, 5) is 23.5. The topological polar surface area (TPSA) is 140 Å². The number of hydrogen-bond donors (Lipinski definition) is 2. The van der Waals surface area contributed by atoms with Crippen LogP contribution < -0.4 is 15.0 Å². The van der Waals surface area contributed by atoms with Gasteiger partial charge in [-0.15, -0.1) is 5.10 Å². The summed E-state index contributed by atoms with van der Waals surface area (Å²) in [7, 11) is 0. The number of anilines is 2. The van der Waals surface area contributed by atoms with Crippen molar-refractivity contribution in [2.75, 3.05) is 49.7 Å². The van der Waals surface area contributed by atoms with Gasteiger partial charge in [0.05, 0.1) is 26.4 Å². The third-order valence-electron chi connectivity index (χ3n) is 4.30. The summed E-state index contributed by atoms with van der Waals surface area (Å²) in [5, 5.41) is 15.7. The van der Waals surface area contributed by atoms with E-state index < -0.39 is 5.91 Å². The quantitative estimate of drug-likeness (QED) is 0.710. The van der Waals surface area contributed by atoms with E-state index in [0.29, 0.717) is 45.5 Å². The molecule has 0 radical (unpaired) electrons. The average Bonchev–Trinajstić information content (AvgIpc) is 3.22. The fourth-order valence-electron chi connectivity index (χ4n) is 2.85. The highest BCUT2D eigenvalue weighted by atomic mass is 16.5. The molecule has 0 aliphatic carbocycles. The van der Waals surface area contributed by atoms with Crippen molar-refractivity contribution in [3.63, 3.8) is 0 Å². The number of nitrogens with one attached hydrogen (secondary N) is 2. The van der Waals surface area contributed by atoms with Crippen molar-refractivity contribution in [1.29, 1.82) is 0 Å². The zero-order valence-corrected chi connectivity index (χ0v) is 14.6. The predicted octanol–water partition coefficient (Wildman–Crippen LogP) is -0.364. The fourth-order valence-corrected chi connectivity index (χ4v) is 2.85. The summed E-state index contributed by atoms with van der Waals surface area (Å²) < 4.78 is 16.8. The molecule has 2 aliphatic heterocycles. The van der Waals surface area contributed by atoms with E-state index in [0.717, 1.165) is 12.8 Å². The number of morpholine rings is 1. The summed E-state index contributed by atoms with van der Waals surface area (Å²) in [6.07, 6.45) is 2.87. The molecule has 4 heterocycles. The molecular weight excluding hydrogens is 356 g/mol. The Morgan fingerprint density at radius 2 is 2.00 bits per heavy atom. The first-order valence-corrected chi connectivity index (χ1v) is 8.78. The number of aromatic nitrogens is 6. The molecule has 2 aromatic rings. The van der Waals surface area contributed by atoms with Crippen LogP contribution >= 0.6 is 0 Å². The van der Waals surface area contributed by atoms with E-state index in [4.69, 9.17) is 14.2 Å². The van der Waals surface area contributed by atoms with Crippen molar-refractivity contribution in [3.8, 4) is 5.88 Å². The van der Waals surface area contributed by atoms with Crippen molar-refractivity contribution in [2.45, 2.75) is 18.9 Å². The van der Waals surface area contributed by atoms with Gasteiger partial charge in [-0.25, -0.2) is 4.98 Å². The molecule has 2 N–H and O–H groups in total. The van der Waals surface area contributed by atoms with Crippen LogP contribution in [-0.4, -0.2) is 82.1 Å². The highest BCUT2D eigenvalue weighted by Crippen LogP contribution is 2.24. The monoisotopic (exact) mass is 376 g/mol. The molecule has 2 saturated heterocycles. The molecule has 2 aliphatic rings. The Hall–Kier alpha value is -2.86. The van der Waals surface area contributed by atoms with Gasteiger partial charge in [-0.2, -0.15) is 10.2 Å². The lowest BCUT2D eigenvalue weighted by Gasteiger charge is -2.28. The molecule has 0 unspecified atom stereocenters. The summed E-state index contributed by atoms with van der Waals surface area (Å²) in [5.41, 5.74) is 0.211. The number of hydrogen-bond acceptors (Lipinski definition) is 10. The van der Waals surface area contributed by atoms with Crippen molar-refractivity contribution < 1.29 is 19.0 Å². The maximum absolute atomic E-state index is 12.6. The van der Waals surface area contributed by atoms with E-state index in [2.05, 4.69) is 35.9 Å². The van der Waals surface area contributed by atoms with Crippen LogP contribution in [0.4, 0.5) is 11.9 Å². The number of tetrazole rings is 1. The number of aromatic amines is 1. The van der Waals surface area contributed by atoms with Gasteiger partial charge in [-0.05, 0) is 5.21 Å². The number of H-pyrrole nitrogens is 1. The number of carbonyl (C=O) groups excluding carboxylic acids is 1. The lowest BCUT2D eigenvalue weighted by atomic mass is 10.1. The van der Waals surface area contributed by atoms with Crippen molar-refractivity contribution in [1.82, 2.24) is 30.6 Å². The minimum absolute atomic E-state index is 0.0641. The Morgan fingerprint density at radius 1 is 1.22 bits per heavy atom. The molecule has 2 fully saturated rings. The van der Waals surface area contributed by atoms with Crippen molar-refractivity contribution in [2.24, 2.45) is 0 Å². The molecule has 0 spiro atoms. The number of carbonyl (C=O) groups is 1.